The van der Waals surface area contributed by atoms with Gasteiger partial charge in [-0.1, -0.05) is 12.1 Å². The summed E-state index contributed by atoms with van der Waals surface area (Å²) in [6.07, 6.45) is 0. The number of non-ortho nitro benzene ring substituents is 1. The van der Waals surface area contributed by atoms with Crippen LogP contribution in [-0.4, -0.2) is 39.5 Å². The number of hydrogen-bond donors (Lipinski definition) is 1. The summed E-state index contributed by atoms with van der Waals surface area (Å²) in [5.74, 6) is 0. The molecule has 2 aromatic carbocycles. The Morgan fingerprint density at radius 3 is 2.12 bits per heavy atom. The number of primary sulfonamides is 1. The maximum absolute atomic E-state index is 11.8. The van der Waals surface area contributed by atoms with E-state index in [0.717, 1.165) is 5.69 Å². The smallest absolute Gasteiger partial charge is 0.270 e. The standard InChI is InChI=1S/C16H17BrN4O4S/c17-13-11-12(21(22)23)5-6-14(13)19-7-9-20(10-8-19)15-3-1-2-4-16(15)26(18,24)25/h1-6,11H,7-10H2,(H2,18,24,25). The van der Waals surface area contributed by atoms with Gasteiger partial charge < -0.3 is 9.80 Å². The van der Waals surface area contributed by atoms with E-state index < -0.39 is 14.9 Å². The molecule has 0 unspecified atom stereocenters. The van der Waals surface area contributed by atoms with E-state index in [-0.39, 0.29) is 10.6 Å². The van der Waals surface area contributed by atoms with Crippen molar-refractivity contribution in [2.75, 3.05) is 36.0 Å². The van der Waals surface area contributed by atoms with Crippen molar-refractivity contribution in [3.05, 3.63) is 57.1 Å². The van der Waals surface area contributed by atoms with E-state index in [2.05, 4.69) is 20.8 Å². The van der Waals surface area contributed by atoms with Crippen LogP contribution in [0.25, 0.3) is 0 Å². The fourth-order valence-electron chi connectivity index (χ4n) is 3.01. The van der Waals surface area contributed by atoms with Gasteiger partial charge in [-0.15, -0.1) is 0 Å². The van der Waals surface area contributed by atoms with Crippen LogP contribution in [0.1, 0.15) is 0 Å². The van der Waals surface area contributed by atoms with Crippen molar-refractivity contribution in [2.45, 2.75) is 4.90 Å². The zero-order chi connectivity index (χ0) is 18.9. The molecule has 138 valence electrons. The lowest BCUT2D eigenvalue weighted by atomic mass is 10.2. The first-order chi connectivity index (χ1) is 12.3. The number of nitro benzene ring substituents is 1. The number of nitrogens with two attached hydrogens (primary N) is 1. The minimum Gasteiger partial charge on any atom is -0.367 e. The zero-order valence-electron chi connectivity index (χ0n) is 13.7. The minimum absolute atomic E-state index is 0.0290. The van der Waals surface area contributed by atoms with Crippen molar-refractivity contribution in [3.63, 3.8) is 0 Å². The van der Waals surface area contributed by atoms with E-state index in [1.807, 2.05) is 4.90 Å². The lowest BCUT2D eigenvalue weighted by Gasteiger charge is -2.38. The summed E-state index contributed by atoms with van der Waals surface area (Å²) in [5, 5.41) is 16.2. The Hall–Kier alpha value is -2.17. The molecule has 3 rings (SSSR count). The van der Waals surface area contributed by atoms with Gasteiger partial charge in [-0.05, 0) is 34.1 Å². The lowest BCUT2D eigenvalue weighted by Crippen LogP contribution is -2.47. The number of anilines is 2. The van der Waals surface area contributed by atoms with Gasteiger partial charge in [0.05, 0.1) is 16.3 Å². The van der Waals surface area contributed by atoms with E-state index in [4.69, 9.17) is 5.14 Å². The molecule has 1 aliphatic rings. The molecule has 2 N–H and O–H groups in total. The molecule has 0 bridgehead atoms. The number of benzene rings is 2. The normalized spacial score (nSPS) is 15.2. The van der Waals surface area contributed by atoms with Crippen molar-refractivity contribution in [1.82, 2.24) is 0 Å². The van der Waals surface area contributed by atoms with Crippen LogP contribution in [0.4, 0.5) is 17.1 Å². The molecule has 0 saturated carbocycles. The van der Waals surface area contributed by atoms with Crippen LogP contribution in [0, 0.1) is 10.1 Å². The first-order valence-electron chi connectivity index (χ1n) is 7.83. The molecule has 0 atom stereocenters. The first-order valence-corrected chi connectivity index (χ1v) is 10.2. The minimum atomic E-state index is -3.79. The lowest BCUT2D eigenvalue weighted by molar-refractivity contribution is -0.384. The molecule has 8 nitrogen and oxygen atoms in total. The number of nitrogens with zero attached hydrogens (tertiary/aromatic N) is 3. The molecule has 1 heterocycles. The molecular weight excluding hydrogens is 424 g/mol. The average molecular weight is 441 g/mol. The van der Waals surface area contributed by atoms with Crippen molar-refractivity contribution >= 4 is 43.0 Å². The van der Waals surface area contributed by atoms with Crippen molar-refractivity contribution in [1.29, 1.82) is 0 Å². The van der Waals surface area contributed by atoms with Gasteiger partial charge in [0, 0.05) is 42.8 Å². The predicted octanol–water partition coefficient (Wildman–Crippen LogP) is 2.33. The van der Waals surface area contributed by atoms with Crippen LogP contribution in [0.5, 0.6) is 0 Å². The Labute approximate surface area is 159 Å². The number of halogens is 1. The van der Waals surface area contributed by atoms with Crippen LogP contribution in [0.2, 0.25) is 0 Å². The Morgan fingerprint density at radius 1 is 1.00 bits per heavy atom. The number of rotatable bonds is 4. The maximum atomic E-state index is 11.8. The van der Waals surface area contributed by atoms with E-state index in [0.29, 0.717) is 36.3 Å². The fourth-order valence-corrected chi connectivity index (χ4v) is 4.39. The van der Waals surface area contributed by atoms with Crippen molar-refractivity contribution in [3.8, 4) is 0 Å². The summed E-state index contributed by atoms with van der Waals surface area (Å²) in [6, 6.07) is 11.4. The number of piperazine rings is 1. The fraction of sp³-hybridized carbons (Fsp3) is 0.250. The van der Waals surface area contributed by atoms with Gasteiger partial charge >= 0.3 is 0 Å². The van der Waals surface area contributed by atoms with Crippen LogP contribution < -0.4 is 14.9 Å². The largest absolute Gasteiger partial charge is 0.367 e. The summed E-state index contributed by atoms with van der Waals surface area (Å²) >= 11 is 3.39. The second-order valence-corrected chi connectivity index (χ2v) is 8.26. The second kappa shape index (κ2) is 7.22. The molecule has 1 saturated heterocycles. The van der Waals surface area contributed by atoms with Crippen LogP contribution in [0.15, 0.2) is 51.8 Å². The van der Waals surface area contributed by atoms with E-state index in [1.165, 1.54) is 18.2 Å². The van der Waals surface area contributed by atoms with Crippen molar-refractivity contribution < 1.29 is 13.3 Å². The topological polar surface area (TPSA) is 110 Å². The number of nitro groups is 1. The highest BCUT2D eigenvalue weighted by atomic mass is 79.9. The van der Waals surface area contributed by atoms with Crippen LogP contribution >= 0.6 is 15.9 Å². The second-order valence-electron chi connectivity index (χ2n) is 5.88. The average Bonchev–Trinajstić information content (AvgIpc) is 2.61. The summed E-state index contributed by atoms with van der Waals surface area (Å²) in [6.45, 7) is 2.51. The Bertz CT molecular complexity index is 943. The number of para-hydroxylation sites is 1. The third kappa shape index (κ3) is 3.81. The highest BCUT2D eigenvalue weighted by Crippen LogP contribution is 2.32. The molecule has 0 amide bonds. The third-order valence-electron chi connectivity index (χ3n) is 4.27. The van der Waals surface area contributed by atoms with Gasteiger partial charge in [-0.3, -0.25) is 10.1 Å². The first kappa shape index (κ1) is 18.6. The molecule has 0 aliphatic carbocycles. The van der Waals surface area contributed by atoms with Gasteiger partial charge in [0.1, 0.15) is 4.90 Å². The van der Waals surface area contributed by atoms with E-state index in [9.17, 15) is 18.5 Å². The molecule has 1 fully saturated rings. The Morgan fingerprint density at radius 2 is 1.58 bits per heavy atom. The quantitative estimate of drug-likeness (QED) is 0.576. The predicted molar refractivity (Wildman–Crippen MR) is 103 cm³/mol. The summed E-state index contributed by atoms with van der Waals surface area (Å²) < 4.78 is 24.2. The highest BCUT2D eigenvalue weighted by Gasteiger charge is 2.24. The molecule has 2 aromatic rings. The van der Waals surface area contributed by atoms with E-state index >= 15 is 0 Å². The van der Waals surface area contributed by atoms with Gasteiger partial charge in [0.15, 0.2) is 0 Å². The molecule has 0 aromatic heterocycles. The molecule has 1 aliphatic heterocycles. The van der Waals surface area contributed by atoms with Gasteiger partial charge in [0.25, 0.3) is 5.69 Å². The Balaban J connectivity index is 1.78. The molecule has 10 heteroatoms. The van der Waals surface area contributed by atoms with Gasteiger partial charge in [0.2, 0.25) is 10.0 Å². The van der Waals surface area contributed by atoms with Crippen LogP contribution in [-0.2, 0) is 10.0 Å². The number of hydrogen-bond acceptors (Lipinski definition) is 6. The number of sulfonamides is 1. The summed E-state index contributed by atoms with van der Waals surface area (Å²) in [4.78, 5) is 14.6. The SMILES string of the molecule is NS(=O)(=O)c1ccccc1N1CCN(c2ccc([N+](=O)[O-])cc2Br)CC1. The van der Waals surface area contributed by atoms with Crippen LogP contribution in [0.3, 0.4) is 0 Å². The molecule has 0 radical (unpaired) electrons. The van der Waals surface area contributed by atoms with E-state index in [1.54, 1.807) is 24.3 Å². The highest BCUT2D eigenvalue weighted by molar-refractivity contribution is 9.10. The van der Waals surface area contributed by atoms with Crippen molar-refractivity contribution in [2.24, 2.45) is 5.14 Å². The summed E-state index contributed by atoms with van der Waals surface area (Å²) in [7, 11) is -3.79. The summed E-state index contributed by atoms with van der Waals surface area (Å²) in [5.41, 5.74) is 1.49. The Kier molecular flexibility index (Phi) is 5.17. The molecular formula is C16H17BrN4O4S. The zero-order valence-corrected chi connectivity index (χ0v) is 16.1. The third-order valence-corrected chi connectivity index (χ3v) is 5.87. The van der Waals surface area contributed by atoms with Gasteiger partial charge in [-0.2, -0.15) is 0 Å². The maximum Gasteiger partial charge on any atom is 0.270 e. The van der Waals surface area contributed by atoms with Gasteiger partial charge in [-0.25, -0.2) is 13.6 Å². The monoisotopic (exact) mass is 440 g/mol. The molecule has 26 heavy (non-hydrogen) atoms. The molecule has 0 spiro atoms.